The van der Waals surface area contributed by atoms with Gasteiger partial charge in [-0.25, -0.2) is 0 Å². The lowest BCUT2D eigenvalue weighted by Gasteiger charge is -2.33. The summed E-state index contributed by atoms with van der Waals surface area (Å²) in [4.78, 5) is 5.29. The number of nitrogens with zero attached hydrogens (tertiary/aromatic N) is 2. The molecule has 14 rings (SSSR count). The summed E-state index contributed by atoms with van der Waals surface area (Å²) in [6.07, 6.45) is 8.23. The largest absolute Gasteiger partial charge is 0.309 e. The number of aryl methyl sites for hydroxylation is 4. The number of para-hydroxylation sites is 2. The average Bonchev–Trinajstić information content (AvgIpc) is 4.13. The fourth-order valence-corrected chi connectivity index (χ4v) is 15.7. The van der Waals surface area contributed by atoms with Crippen LogP contribution in [-0.4, -0.2) is 0 Å². The fraction of sp³-hybridized carbons (Fsp3) is 0.158. The monoisotopic (exact) mass is 1070 g/mol. The van der Waals surface area contributed by atoms with E-state index in [1.54, 1.807) is 0 Å². The van der Waals surface area contributed by atoms with Crippen molar-refractivity contribution in [3.8, 4) is 22.3 Å². The maximum absolute atomic E-state index is 2.64. The van der Waals surface area contributed by atoms with Gasteiger partial charge in [-0.05, 0) is 140 Å². The van der Waals surface area contributed by atoms with E-state index in [1.165, 1.54) is 151 Å². The van der Waals surface area contributed by atoms with Gasteiger partial charge in [0.25, 0.3) is 0 Å². The normalized spacial score (nSPS) is 11.9. The standard InChI is InChI=1S/C76H64N2S2/c1-5-19-51-23-13-24-52(20-6-2)73(51)77(57-29-15-27-55(47-57)59-33-17-35-63-61-31-9-11-37-69(61)79-75(59)63)67-45-41-49-40-44-66-68(46-42-50-39-43-65(67)71(49)72(50)66)78(74-53(21-7-3)25-14-26-54(74)22-8-4)58-30-16-28-56(48-58)60-34-18-36-64-62-32-10-12-38-70(62)80-76(60)64/h9-18,23-48H,5-8,19-22H2,1-4H3. The number of rotatable bonds is 16. The second-order valence-corrected chi connectivity index (χ2v) is 23.9. The first-order valence-electron chi connectivity index (χ1n) is 29.1. The van der Waals surface area contributed by atoms with Crippen LogP contribution < -0.4 is 9.80 Å². The maximum atomic E-state index is 2.64. The van der Waals surface area contributed by atoms with Crippen LogP contribution in [0.25, 0.3) is 94.9 Å². The van der Waals surface area contributed by atoms with Gasteiger partial charge in [0.1, 0.15) is 0 Å². The number of thiophene rings is 2. The van der Waals surface area contributed by atoms with Crippen molar-refractivity contribution in [2.24, 2.45) is 0 Å². The first-order chi connectivity index (χ1) is 39.5. The molecule has 0 saturated heterocycles. The highest BCUT2D eigenvalue weighted by atomic mass is 32.1. The van der Waals surface area contributed by atoms with E-state index in [9.17, 15) is 0 Å². The van der Waals surface area contributed by atoms with Gasteiger partial charge >= 0.3 is 0 Å². The van der Waals surface area contributed by atoms with Crippen LogP contribution in [-0.2, 0) is 25.7 Å². The van der Waals surface area contributed by atoms with E-state index >= 15 is 0 Å². The molecule has 0 aliphatic carbocycles. The zero-order valence-corrected chi connectivity index (χ0v) is 47.8. The van der Waals surface area contributed by atoms with E-state index in [-0.39, 0.29) is 0 Å². The van der Waals surface area contributed by atoms with E-state index in [0.29, 0.717) is 0 Å². The molecule has 2 nitrogen and oxygen atoms in total. The molecule has 12 aromatic carbocycles. The molecule has 4 heteroatoms. The molecular weight excluding hydrogens is 1000 g/mol. The molecule has 0 spiro atoms. The molecule has 2 heterocycles. The van der Waals surface area contributed by atoms with Crippen molar-refractivity contribution in [3.63, 3.8) is 0 Å². The first kappa shape index (κ1) is 50.0. The van der Waals surface area contributed by atoms with E-state index < -0.39 is 0 Å². The molecule has 0 aliphatic rings. The van der Waals surface area contributed by atoms with Crippen molar-refractivity contribution >= 4 is 129 Å². The molecule has 0 saturated carbocycles. The highest BCUT2D eigenvalue weighted by Crippen LogP contribution is 2.52. The van der Waals surface area contributed by atoms with Crippen LogP contribution >= 0.6 is 22.7 Å². The molecule has 390 valence electrons. The van der Waals surface area contributed by atoms with Gasteiger partial charge in [0, 0.05) is 62.5 Å². The Labute approximate surface area is 478 Å². The van der Waals surface area contributed by atoms with Gasteiger partial charge in [0.2, 0.25) is 0 Å². The Morgan fingerprint density at radius 3 is 1.09 bits per heavy atom. The number of benzene rings is 12. The van der Waals surface area contributed by atoms with Crippen molar-refractivity contribution in [3.05, 3.63) is 241 Å². The van der Waals surface area contributed by atoms with Gasteiger partial charge in [-0.15, -0.1) is 22.7 Å². The van der Waals surface area contributed by atoms with Gasteiger partial charge in [-0.3, -0.25) is 0 Å². The highest BCUT2D eigenvalue weighted by Gasteiger charge is 2.27. The van der Waals surface area contributed by atoms with Crippen molar-refractivity contribution < 1.29 is 0 Å². The minimum atomic E-state index is 0.995. The van der Waals surface area contributed by atoms with Crippen molar-refractivity contribution in [1.82, 2.24) is 0 Å². The quantitative estimate of drug-likeness (QED) is 0.0890. The number of hydrogen-bond donors (Lipinski definition) is 0. The van der Waals surface area contributed by atoms with Gasteiger partial charge in [-0.2, -0.15) is 0 Å². The summed E-state index contributed by atoms with van der Waals surface area (Å²) >= 11 is 3.81. The fourth-order valence-electron chi connectivity index (χ4n) is 13.3. The summed E-state index contributed by atoms with van der Waals surface area (Å²) in [5, 5.41) is 12.9. The minimum absolute atomic E-state index is 0.995. The zero-order chi connectivity index (χ0) is 53.8. The molecule has 0 radical (unpaired) electrons. The Balaban J connectivity index is 1.01. The van der Waals surface area contributed by atoms with Crippen LogP contribution in [0.2, 0.25) is 0 Å². The van der Waals surface area contributed by atoms with Crippen LogP contribution in [0.5, 0.6) is 0 Å². The third-order valence-corrected chi connectivity index (χ3v) is 19.1. The van der Waals surface area contributed by atoms with Crippen LogP contribution in [0.1, 0.15) is 75.6 Å². The molecule has 80 heavy (non-hydrogen) atoms. The molecule has 0 atom stereocenters. The molecular formula is C76H64N2S2. The molecule has 0 aliphatic heterocycles. The maximum Gasteiger partial charge on any atom is 0.0540 e. The van der Waals surface area contributed by atoms with Gasteiger partial charge in [-0.1, -0.05) is 223 Å². The second-order valence-electron chi connectivity index (χ2n) is 21.8. The van der Waals surface area contributed by atoms with Crippen LogP contribution in [0.3, 0.4) is 0 Å². The summed E-state index contributed by atoms with van der Waals surface area (Å²) in [5.74, 6) is 0. The van der Waals surface area contributed by atoms with Crippen molar-refractivity contribution in [2.45, 2.75) is 79.1 Å². The lowest BCUT2D eigenvalue weighted by atomic mass is 9.90. The highest BCUT2D eigenvalue weighted by molar-refractivity contribution is 7.26. The predicted molar refractivity (Wildman–Crippen MR) is 352 cm³/mol. The topological polar surface area (TPSA) is 6.48 Å². The molecule has 2 aromatic heterocycles. The Kier molecular flexibility index (Phi) is 13.2. The number of fused-ring (bicyclic) bond motifs is 6. The Hall–Kier alpha value is -8.28. The minimum Gasteiger partial charge on any atom is -0.309 e. The van der Waals surface area contributed by atoms with Crippen molar-refractivity contribution in [1.29, 1.82) is 0 Å². The first-order valence-corrected chi connectivity index (χ1v) is 30.7. The Morgan fingerprint density at radius 2 is 0.675 bits per heavy atom. The van der Waals surface area contributed by atoms with E-state index in [1.807, 2.05) is 22.7 Å². The molecule has 0 unspecified atom stereocenters. The molecule has 0 amide bonds. The van der Waals surface area contributed by atoms with E-state index in [2.05, 4.69) is 256 Å². The summed E-state index contributed by atoms with van der Waals surface area (Å²) in [6.45, 7) is 9.27. The summed E-state index contributed by atoms with van der Waals surface area (Å²) in [7, 11) is 0. The van der Waals surface area contributed by atoms with E-state index in [4.69, 9.17) is 0 Å². The molecule has 0 N–H and O–H groups in total. The zero-order valence-electron chi connectivity index (χ0n) is 46.2. The smallest absolute Gasteiger partial charge is 0.0540 e. The SMILES string of the molecule is CCCc1cccc(CCC)c1N(c1cccc(-c2cccc3c2sc2ccccc23)c1)c1ccc2ccc3c(N(c4cccc(-c5cccc6c5sc5ccccc56)c4)c4c(CCC)cccc4CCC)ccc4ccc1c2c43. The molecule has 0 fully saturated rings. The predicted octanol–water partition coefficient (Wildman–Crippen LogP) is 23.4. The lowest BCUT2D eigenvalue weighted by molar-refractivity contribution is 0.891. The Bertz CT molecular complexity index is 4290. The Morgan fingerprint density at radius 1 is 0.312 bits per heavy atom. The third kappa shape index (κ3) is 8.42. The number of anilines is 6. The van der Waals surface area contributed by atoms with Gasteiger partial charge in [0.05, 0.1) is 22.7 Å². The summed E-state index contributed by atoms with van der Waals surface area (Å²) < 4.78 is 5.32. The summed E-state index contributed by atoms with van der Waals surface area (Å²) in [5.41, 5.74) is 17.9. The van der Waals surface area contributed by atoms with E-state index in [0.717, 1.165) is 51.4 Å². The molecule has 14 aromatic rings. The van der Waals surface area contributed by atoms with Crippen LogP contribution in [0.15, 0.2) is 218 Å². The van der Waals surface area contributed by atoms with Crippen LogP contribution in [0, 0.1) is 0 Å². The number of hydrogen-bond acceptors (Lipinski definition) is 4. The van der Waals surface area contributed by atoms with Gasteiger partial charge in [0.15, 0.2) is 0 Å². The van der Waals surface area contributed by atoms with Crippen molar-refractivity contribution in [2.75, 3.05) is 9.80 Å². The molecule has 0 bridgehead atoms. The van der Waals surface area contributed by atoms with Gasteiger partial charge < -0.3 is 9.80 Å². The van der Waals surface area contributed by atoms with Crippen LogP contribution in [0.4, 0.5) is 34.1 Å². The second kappa shape index (κ2) is 21.1. The summed E-state index contributed by atoms with van der Waals surface area (Å²) in [6, 6.07) is 83.5. The third-order valence-electron chi connectivity index (χ3n) is 16.7. The lowest BCUT2D eigenvalue weighted by Crippen LogP contribution is -2.16. The average molecular weight is 1070 g/mol.